The molecule has 1 aliphatic heterocycles. The van der Waals surface area contributed by atoms with Gasteiger partial charge in [-0.2, -0.15) is 10.5 Å². The van der Waals surface area contributed by atoms with E-state index in [1.54, 1.807) is 0 Å². The molecule has 1 aliphatic rings. The average molecular weight is 168 g/mol. The third-order valence-corrected chi connectivity index (χ3v) is 3.36. The van der Waals surface area contributed by atoms with Gasteiger partial charge in [0.25, 0.3) is 0 Å². The van der Waals surface area contributed by atoms with Crippen LogP contribution in [0, 0.1) is 22.7 Å². The molecule has 4 heteroatoms. The van der Waals surface area contributed by atoms with Crippen molar-refractivity contribution in [2.24, 2.45) is 0 Å². The van der Waals surface area contributed by atoms with Crippen LogP contribution in [-0.2, 0) is 0 Å². The normalized spacial score (nSPS) is 17.8. The van der Waals surface area contributed by atoms with Crippen molar-refractivity contribution in [2.45, 2.75) is 0 Å². The van der Waals surface area contributed by atoms with Crippen LogP contribution < -0.4 is 0 Å². The molecule has 0 radical (unpaired) electrons. The Hall–Kier alpha value is -0.580. The number of nitriles is 2. The Morgan fingerprint density at radius 3 is 1.70 bits per heavy atom. The Bertz CT molecular complexity index is 217. The molecule has 1 heterocycles. The molecule has 0 fully saturated rings. The summed E-state index contributed by atoms with van der Waals surface area (Å²) in [6, 6.07) is 4.01. The van der Waals surface area contributed by atoms with Gasteiger partial charge in [0.1, 0.15) is 21.9 Å². The number of hydrogen-bond acceptors (Lipinski definition) is 4. The lowest BCUT2D eigenvalue weighted by molar-refractivity contribution is 1.48. The molecule has 50 valence electrons. The largest absolute Gasteiger partial charge is 0.192 e. The van der Waals surface area contributed by atoms with Crippen LogP contribution in [0.25, 0.3) is 0 Å². The molecule has 0 saturated heterocycles. The summed E-state index contributed by atoms with van der Waals surface area (Å²) in [5.74, 6) is 1.89. The molecule has 0 aromatic rings. The van der Waals surface area contributed by atoms with E-state index in [9.17, 15) is 0 Å². The van der Waals surface area contributed by atoms with E-state index in [0.717, 1.165) is 11.5 Å². The quantitative estimate of drug-likeness (QED) is 0.552. The van der Waals surface area contributed by atoms with Crippen LogP contribution >= 0.6 is 23.5 Å². The molecule has 0 N–H and O–H groups in total. The molecule has 0 bridgehead atoms. The van der Waals surface area contributed by atoms with Crippen LogP contribution in [-0.4, -0.2) is 11.5 Å². The van der Waals surface area contributed by atoms with Crippen molar-refractivity contribution in [1.82, 2.24) is 0 Å². The van der Waals surface area contributed by atoms with Crippen molar-refractivity contribution in [1.29, 1.82) is 10.5 Å². The molecule has 0 aromatic carbocycles. The summed E-state index contributed by atoms with van der Waals surface area (Å²) in [5, 5.41) is 17.0. The van der Waals surface area contributed by atoms with Gasteiger partial charge in [-0.05, 0) is 0 Å². The predicted molar refractivity (Wildman–Crippen MR) is 43.2 cm³/mol. The first-order chi connectivity index (χ1) is 4.88. The summed E-state index contributed by atoms with van der Waals surface area (Å²) < 4.78 is 0. The zero-order valence-corrected chi connectivity index (χ0v) is 6.76. The van der Waals surface area contributed by atoms with Crippen LogP contribution in [0.4, 0.5) is 0 Å². The van der Waals surface area contributed by atoms with E-state index in [1.807, 2.05) is 12.1 Å². The molecule has 0 saturated carbocycles. The zero-order valence-electron chi connectivity index (χ0n) is 5.13. The maximum atomic E-state index is 8.50. The number of thioether (sulfide) groups is 2. The summed E-state index contributed by atoms with van der Waals surface area (Å²) in [6.07, 6.45) is 0. The molecule has 0 atom stereocenters. The Balaban J connectivity index is 2.88. The second-order valence-corrected chi connectivity index (χ2v) is 3.79. The summed E-state index contributed by atoms with van der Waals surface area (Å²) in [4.78, 5) is 1.16. The number of rotatable bonds is 0. The van der Waals surface area contributed by atoms with E-state index in [2.05, 4.69) is 0 Å². The van der Waals surface area contributed by atoms with Gasteiger partial charge in [0.05, 0.1) is 0 Å². The van der Waals surface area contributed by atoms with Gasteiger partial charge in [-0.1, -0.05) is 0 Å². The third kappa shape index (κ3) is 1.47. The van der Waals surface area contributed by atoms with Crippen LogP contribution in [0.15, 0.2) is 9.81 Å². The molecule has 0 amide bonds. The first-order valence-electron chi connectivity index (χ1n) is 2.68. The summed E-state index contributed by atoms with van der Waals surface area (Å²) in [7, 11) is 0. The van der Waals surface area contributed by atoms with Gasteiger partial charge >= 0.3 is 0 Å². The fraction of sp³-hybridized carbons (Fsp3) is 0.333. The standard InChI is InChI=1S/C6H4N2S2/c7-3-5-6(4-8)10-2-1-9-5/h1-2H2. The molecule has 0 aromatic heterocycles. The van der Waals surface area contributed by atoms with Gasteiger partial charge < -0.3 is 0 Å². The minimum absolute atomic E-state index is 0.582. The molecule has 1 rings (SSSR count). The van der Waals surface area contributed by atoms with E-state index < -0.39 is 0 Å². The Kier molecular flexibility index (Phi) is 2.68. The lowest BCUT2D eigenvalue weighted by Crippen LogP contribution is -1.94. The molecular weight excluding hydrogens is 164 g/mol. The van der Waals surface area contributed by atoms with Crippen molar-refractivity contribution < 1.29 is 0 Å². The fourth-order valence-electron chi connectivity index (χ4n) is 0.585. The van der Waals surface area contributed by atoms with Crippen molar-refractivity contribution in [3.63, 3.8) is 0 Å². The van der Waals surface area contributed by atoms with Crippen molar-refractivity contribution >= 4 is 23.5 Å². The minimum Gasteiger partial charge on any atom is -0.192 e. The minimum atomic E-state index is 0.582. The Morgan fingerprint density at radius 2 is 1.40 bits per heavy atom. The van der Waals surface area contributed by atoms with E-state index in [0.29, 0.717) is 9.81 Å². The highest BCUT2D eigenvalue weighted by Crippen LogP contribution is 2.32. The Morgan fingerprint density at radius 1 is 1.00 bits per heavy atom. The zero-order chi connectivity index (χ0) is 7.40. The molecular formula is C6H4N2S2. The molecule has 2 nitrogen and oxygen atoms in total. The van der Waals surface area contributed by atoms with Crippen molar-refractivity contribution in [2.75, 3.05) is 11.5 Å². The van der Waals surface area contributed by atoms with Crippen LogP contribution in [0.3, 0.4) is 0 Å². The SMILES string of the molecule is N#CC1=C(C#N)SCCS1. The number of allylic oxidation sites excluding steroid dienone is 2. The lowest BCUT2D eigenvalue weighted by Gasteiger charge is -2.07. The summed E-state index contributed by atoms with van der Waals surface area (Å²) in [6.45, 7) is 0. The maximum absolute atomic E-state index is 8.50. The highest BCUT2D eigenvalue weighted by molar-refractivity contribution is 8.10. The highest BCUT2D eigenvalue weighted by atomic mass is 32.2. The van der Waals surface area contributed by atoms with Crippen LogP contribution in [0.2, 0.25) is 0 Å². The van der Waals surface area contributed by atoms with Crippen LogP contribution in [0.5, 0.6) is 0 Å². The third-order valence-electron chi connectivity index (χ3n) is 0.985. The average Bonchev–Trinajstić information content (AvgIpc) is 2.04. The first kappa shape index (κ1) is 7.53. The van der Waals surface area contributed by atoms with Crippen molar-refractivity contribution in [3.8, 4) is 12.1 Å². The molecule has 10 heavy (non-hydrogen) atoms. The van der Waals surface area contributed by atoms with E-state index in [4.69, 9.17) is 10.5 Å². The highest BCUT2D eigenvalue weighted by Gasteiger charge is 2.12. The fourth-order valence-corrected chi connectivity index (χ4v) is 2.50. The second kappa shape index (κ2) is 3.55. The second-order valence-electron chi connectivity index (χ2n) is 1.58. The summed E-state index contributed by atoms with van der Waals surface area (Å²) >= 11 is 2.94. The molecule has 0 unspecified atom stereocenters. The predicted octanol–water partition coefficient (Wildman–Crippen LogP) is 1.73. The van der Waals surface area contributed by atoms with E-state index in [-0.39, 0.29) is 0 Å². The van der Waals surface area contributed by atoms with Crippen LogP contribution in [0.1, 0.15) is 0 Å². The molecule has 0 aliphatic carbocycles. The lowest BCUT2D eigenvalue weighted by atomic mass is 10.5. The summed E-state index contributed by atoms with van der Waals surface area (Å²) in [5.41, 5.74) is 0. The molecule has 0 spiro atoms. The van der Waals surface area contributed by atoms with Gasteiger partial charge in [0.15, 0.2) is 0 Å². The van der Waals surface area contributed by atoms with Gasteiger partial charge in [0, 0.05) is 11.5 Å². The smallest absolute Gasteiger partial charge is 0.109 e. The maximum Gasteiger partial charge on any atom is 0.109 e. The monoisotopic (exact) mass is 168 g/mol. The van der Waals surface area contributed by atoms with E-state index >= 15 is 0 Å². The van der Waals surface area contributed by atoms with Gasteiger partial charge in [-0.25, -0.2) is 0 Å². The van der Waals surface area contributed by atoms with Gasteiger partial charge in [0.2, 0.25) is 0 Å². The van der Waals surface area contributed by atoms with Gasteiger partial charge in [-0.15, -0.1) is 23.5 Å². The van der Waals surface area contributed by atoms with Gasteiger partial charge in [-0.3, -0.25) is 0 Å². The number of nitrogens with zero attached hydrogens (tertiary/aromatic N) is 2. The van der Waals surface area contributed by atoms with E-state index in [1.165, 1.54) is 23.5 Å². The topological polar surface area (TPSA) is 47.6 Å². The van der Waals surface area contributed by atoms with Crippen molar-refractivity contribution in [3.05, 3.63) is 9.81 Å². The Labute approximate surface area is 67.9 Å². The first-order valence-corrected chi connectivity index (χ1v) is 4.65. The number of hydrogen-bond donors (Lipinski definition) is 0.